The maximum absolute atomic E-state index is 14.6. The molecule has 6 atom stereocenters. The van der Waals surface area contributed by atoms with Crippen LogP contribution in [-0.2, 0) is 19.1 Å². The molecule has 3 aliphatic rings. The Kier molecular flexibility index (Phi) is 7.53. The van der Waals surface area contributed by atoms with E-state index in [4.69, 9.17) is 16.3 Å². The third-order valence-electron chi connectivity index (χ3n) is 8.10. The minimum absolute atomic E-state index is 0.210. The summed E-state index contributed by atoms with van der Waals surface area (Å²) < 4.78 is 4.14. The zero-order chi connectivity index (χ0) is 26.4. The van der Waals surface area contributed by atoms with Gasteiger partial charge >= 0.3 is 5.97 Å². The standard InChI is InChI=1S/C27H35ClN2O5S/c1-6-14-29(21-16(4)10-9-11-18(21)28)24(33)22-27-13-12-26(5,36-27)20(25(34)35-8-3)19(27)23(32)30(22)17(7-2)15-31/h6,9-11,17,19-20,22,31H,1,7-8,12-15H2,2-5H3/t17-,19-,20+,22?,26-,27?/m0/s1. The van der Waals surface area contributed by atoms with Gasteiger partial charge in [-0.15, -0.1) is 18.3 Å². The summed E-state index contributed by atoms with van der Waals surface area (Å²) >= 11 is 8.17. The summed E-state index contributed by atoms with van der Waals surface area (Å²) in [5, 5.41) is 10.7. The quantitative estimate of drug-likeness (QED) is 0.381. The molecule has 36 heavy (non-hydrogen) atoms. The van der Waals surface area contributed by atoms with Crippen molar-refractivity contribution in [1.29, 1.82) is 0 Å². The van der Waals surface area contributed by atoms with Gasteiger partial charge in [-0.05, 0) is 51.7 Å². The Morgan fingerprint density at radius 1 is 1.39 bits per heavy atom. The summed E-state index contributed by atoms with van der Waals surface area (Å²) in [5.41, 5.74) is 1.41. The normalized spacial score (nSPS) is 31.3. The van der Waals surface area contributed by atoms with E-state index in [2.05, 4.69) is 6.58 Å². The van der Waals surface area contributed by atoms with Crippen LogP contribution in [0.25, 0.3) is 0 Å². The molecule has 1 aromatic rings. The van der Waals surface area contributed by atoms with Crippen LogP contribution in [0.15, 0.2) is 30.9 Å². The van der Waals surface area contributed by atoms with Crippen molar-refractivity contribution in [2.75, 3.05) is 24.7 Å². The number of aliphatic hydroxyl groups is 1. The molecule has 3 fully saturated rings. The summed E-state index contributed by atoms with van der Waals surface area (Å²) in [6.07, 6.45) is 3.44. The van der Waals surface area contributed by atoms with Crippen LogP contribution < -0.4 is 4.90 Å². The van der Waals surface area contributed by atoms with Gasteiger partial charge in [-0.1, -0.05) is 36.7 Å². The minimum Gasteiger partial charge on any atom is -0.466 e. The van der Waals surface area contributed by atoms with E-state index < -0.39 is 33.4 Å². The zero-order valence-electron chi connectivity index (χ0n) is 21.3. The molecule has 1 aromatic carbocycles. The van der Waals surface area contributed by atoms with E-state index in [-0.39, 0.29) is 37.5 Å². The molecule has 0 saturated carbocycles. The van der Waals surface area contributed by atoms with Crippen LogP contribution in [0.2, 0.25) is 5.02 Å². The average molecular weight is 535 g/mol. The van der Waals surface area contributed by atoms with E-state index in [1.807, 2.05) is 32.9 Å². The first-order valence-electron chi connectivity index (χ1n) is 12.6. The number of ether oxygens (including phenoxy) is 1. The largest absolute Gasteiger partial charge is 0.466 e. The molecule has 3 saturated heterocycles. The molecular formula is C27H35ClN2O5S. The van der Waals surface area contributed by atoms with Gasteiger partial charge in [0.1, 0.15) is 6.04 Å². The van der Waals surface area contributed by atoms with Crippen molar-refractivity contribution in [1.82, 2.24) is 4.90 Å². The number of nitrogens with zero attached hydrogens (tertiary/aromatic N) is 2. The maximum Gasteiger partial charge on any atom is 0.311 e. The van der Waals surface area contributed by atoms with E-state index in [9.17, 15) is 19.5 Å². The van der Waals surface area contributed by atoms with Gasteiger partial charge in [-0.2, -0.15) is 0 Å². The van der Waals surface area contributed by atoms with E-state index in [0.29, 0.717) is 30.0 Å². The number of amides is 2. The topological polar surface area (TPSA) is 87.2 Å². The average Bonchev–Trinajstić information content (AvgIpc) is 3.40. The Hall–Kier alpha value is -2.03. The second kappa shape index (κ2) is 10.0. The fraction of sp³-hybridized carbons (Fsp3) is 0.593. The molecule has 7 nitrogen and oxygen atoms in total. The Bertz CT molecular complexity index is 1060. The Morgan fingerprint density at radius 3 is 2.69 bits per heavy atom. The Balaban J connectivity index is 1.88. The molecule has 2 amide bonds. The number of halogens is 1. The molecule has 0 radical (unpaired) electrons. The molecular weight excluding hydrogens is 500 g/mol. The number of anilines is 1. The first kappa shape index (κ1) is 27.0. The fourth-order valence-corrected chi connectivity index (χ4v) is 9.22. The number of benzene rings is 1. The van der Waals surface area contributed by atoms with Crippen LogP contribution in [0.1, 0.15) is 45.6 Å². The van der Waals surface area contributed by atoms with E-state index in [1.165, 1.54) is 0 Å². The molecule has 0 aromatic heterocycles. The van der Waals surface area contributed by atoms with Crippen LogP contribution in [0.4, 0.5) is 5.69 Å². The van der Waals surface area contributed by atoms with Gasteiger partial charge in [0.2, 0.25) is 5.91 Å². The molecule has 3 heterocycles. The molecule has 2 unspecified atom stereocenters. The molecule has 2 bridgehead atoms. The number of hydrogen-bond acceptors (Lipinski definition) is 6. The fourth-order valence-electron chi connectivity index (χ4n) is 6.57. The lowest BCUT2D eigenvalue weighted by atomic mass is 9.66. The van der Waals surface area contributed by atoms with E-state index >= 15 is 0 Å². The number of aryl methyl sites for hydroxylation is 1. The summed E-state index contributed by atoms with van der Waals surface area (Å²) in [4.78, 5) is 45.1. The van der Waals surface area contributed by atoms with Crippen molar-refractivity contribution >= 4 is 46.8 Å². The Morgan fingerprint density at radius 2 is 2.11 bits per heavy atom. The second-order valence-electron chi connectivity index (χ2n) is 10.1. The highest BCUT2D eigenvalue weighted by Gasteiger charge is 2.78. The smallest absolute Gasteiger partial charge is 0.311 e. The number of carbonyl (C=O) groups is 3. The van der Waals surface area contributed by atoms with Gasteiger partial charge in [0.25, 0.3) is 5.91 Å². The van der Waals surface area contributed by atoms with E-state index in [0.717, 1.165) is 5.56 Å². The first-order valence-corrected chi connectivity index (χ1v) is 13.8. The number of likely N-dealkylation sites (tertiary alicyclic amines) is 1. The lowest BCUT2D eigenvalue weighted by molar-refractivity contribution is -0.155. The minimum atomic E-state index is -0.853. The highest BCUT2D eigenvalue weighted by atomic mass is 35.5. The third-order valence-corrected chi connectivity index (χ3v) is 10.4. The van der Waals surface area contributed by atoms with Crippen molar-refractivity contribution < 1.29 is 24.2 Å². The number of carbonyl (C=O) groups excluding carboxylic acids is 3. The molecule has 196 valence electrons. The van der Waals surface area contributed by atoms with Crippen molar-refractivity contribution in [3.63, 3.8) is 0 Å². The summed E-state index contributed by atoms with van der Waals surface area (Å²) in [6, 6.07) is 4.06. The number of thioether (sulfide) groups is 1. The van der Waals surface area contributed by atoms with E-state index in [1.54, 1.807) is 40.6 Å². The molecule has 9 heteroatoms. The summed E-state index contributed by atoms with van der Waals surface area (Å²) in [7, 11) is 0. The lowest BCUT2D eigenvalue weighted by Crippen LogP contribution is -2.57. The molecule has 4 rings (SSSR count). The predicted octanol–water partition coefficient (Wildman–Crippen LogP) is 3.98. The Labute approximate surface area is 222 Å². The second-order valence-corrected chi connectivity index (χ2v) is 12.4. The van der Waals surface area contributed by atoms with Crippen molar-refractivity contribution in [3.8, 4) is 0 Å². The molecule has 1 spiro atoms. The monoisotopic (exact) mass is 534 g/mol. The molecule has 1 N–H and O–H groups in total. The van der Waals surface area contributed by atoms with Crippen LogP contribution in [0.5, 0.6) is 0 Å². The van der Waals surface area contributed by atoms with Crippen molar-refractivity contribution in [3.05, 3.63) is 41.4 Å². The third kappa shape index (κ3) is 3.87. The molecule has 0 aliphatic carbocycles. The van der Waals surface area contributed by atoms with Gasteiger partial charge in [-0.25, -0.2) is 0 Å². The maximum atomic E-state index is 14.6. The van der Waals surface area contributed by atoms with Crippen molar-refractivity contribution in [2.45, 2.75) is 68.5 Å². The number of fused-ring (bicyclic) bond motifs is 1. The first-order chi connectivity index (χ1) is 17.1. The highest BCUT2D eigenvalue weighted by Crippen LogP contribution is 2.72. The summed E-state index contributed by atoms with van der Waals surface area (Å²) in [5.74, 6) is -2.24. The number of para-hydroxylation sites is 1. The van der Waals surface area contributed by atoms with Crippen LogP contribution in [0.3, 0.4) is 0 Å². The van der Waals surface area contributed by atoms with Crippen LogP contribution >= 0.6 is 23.4 Å². The highest BCUT2D eigenvalue weighted by molar-refractivity contribution is 8.02. The van der Waals surface area contributed by atoms with Gasteiger partial charge in [0.05, 0.1) is 46.5 Å². The van der Waals surface area contributed by atoms with Crippen LogP contribution in [0, 0.1) is 18.8 Å². The van der Waals surface area contributed by atoms with Gasteiger partial charge < -0.3 is 19.6 Å². The predicted molar refractivity (Wildman–Crippen MR) is 142 cm³/mol. The van der Waals surface area contributed by atoms with Gasteiger partial charge in [0.15, 0.2) is 0 Å². The van der Waals surface area contributed by atoms with Gasteiger partial charge in [0, 0.05) is 11.3 Å². The van der Waals surface area contributed by atoms with Crippen molar-refractivity contribution in [2.24, 2.45) is 11.8 Å². The number of esters is 1. The SMILES string of the molecule is C=CCN(C(=O)C1N([C@@H](CC)CO)C(=O)[C@@H]2[C@H](C(=O)OCC)[C@]3(C)CCC12S3)c1c(C)cccc1Cl. The number of aliphatic hydroxyl groups excluding tert-OH is 1. The zero-order valence-corrected chi connectivity index (χ0v) is 22.9. The number of rotatable bonds is 9. The lowest BCUT2D eigenvalue weighted by Gasteiger charge is -2.39. The summed E-state index contributed by atoms with van der Waals surface area (Å²) in [6.45, 7) is 11.6. The molecule has 3 aliphatic heterocycles. The number of hydrogen-bond donors (Lipinski definition) is 1. The van der Waals surface area contributed by atoms with Gasteiger partial charge in [-0.3, -0.25) is 14.4 Å². The van der Waals surface area contributed by atoms with Crippen LogP contribution in [-0.4, -0.2) is 69.1 Å².